The highest BCUT2D eigenvalue weighted by molar-refractivity contribution is 5.85. The Hall–Kier alpha value is -0.410. The molecule has 1 heterocycles. The van der Waals surface area contributed by atoms with Crippen molar-refractivity contribution in [3.63, 3.8) is 0 Å². The molecule has 0 aromatic carbocycles. The Balaban J connectivity index is 2.56. The standard InChI is InChI=1S/C10H18O3/c1-3-6-13-10(9(2)11)4-7-12-8-5-10/h3-8H2,1-2H3. The molecule has 1 fully saturated rings. The van der Waals surface area contributed by atoms with Crippen LogP contribution in [0.1, 0.15) is 33.1 Å². The summed E-state index contributed by atoms with van der Waals surface area (Å²) in [5.74, 6) is 0.143. The molecule has 0 aromatic heterocycles. The van der Waals surface area contributed by atoms with Crippen LogP contribution in [0.5, 0.6) is 0 Å². The Bertz CT molecular complexity index is 171. The maximum atomic E-state index is 11.4. The van der Waals surface area contributed by atoms with Crippen molar-refractivity contribution in [2.75, 3.05) is 19.8 Å². The average Bonchev–Trinajstić information content (AvgIpc) is 2.16. The summed E-state index contributed by atoms with van der Waals surface area (Å²) in [7, 11) is 0. The van der Waals surface area contributed by atoms with Gasteiger partial charge in [0, 0.05) is 32.7 Å². The van der Waals surface area contributed by atoms with E-state index in [0.717, 1.165) is 6.42 Å². The molecule has 0 unspecified atom stereocenters. The second-order valence-corrected chi connectivity index (χ2v) is 3.51. The molecule has 1 saturated heterocycles. The molecule has 0 radical (unpaired) electrons. The highest BCUT2D eigenvalue weighted by Gasteiger charge is 2.37. The number of ether oxygens (including phenoxy) is 2. The number of Topliss-reactive ketones (excluding diaryl/α,β-unsaturated/α-hetero) is 1. The van der Waals surface area contributed by atoms with E-state index in [9.17, 15) is 4.79 Å². The van der Waals surface area contributed by atoms with E-state index in [1.807, 2.05) is 6.92 Å². The Kier molecular flexibility index (Phi) is 3.88. The van der Waals surface area contributed by atoms with E-state index < -0.39 is 5.60 Å². The summed E-state index contributed by atoms with van der Waals surface area (Å²) in [6, 6.07) is 0. The van der Waals surface area contributed by atoms with Gasteiger partial charge in [-0.2, -0.15) is 0 Å². The molecule has 0 atom stereocenters. The number of rotatable bonds is 4. The minimum atomic E-state index is -0.533. The Morgan fingerprint density at radius 1 is 1.46 bits per heavy atom. The molecule has 13 heavy (non-hydrogen) atoms. The molecule has 0 N–H and O–H groups in total. The third-order valence-corrected chi connectivity index (χ3v) is 2.52. The lowest BCUT2D eigenvalue weighted by molar-refractivity contribution is -0.156. The van der Waals surface area contributed by atoms with Crippen LogP contribution in [0.25, 0.3) is 0 Å². The van der Waals surface area contributed by atoms with Crippen molar-refractivity contribution in [2.45, 2.75) is 38.7 Å². The smallest absolute Gasteiger partial charge is 0.161 e. The van der Waals surface area contributed by atoms with Gasteiger partial charge in [0.15, 0.2) is 5.78 Å². The summed E-state index contributed by atoms with van der Waals surface area (Å²) < 4.78 is 10.9. The summed E-state index contributed by atoms with van der Waals surface area (Å²) in [6.07, 6.45) is 2.38. The molecule has 1 aliphatic rings. The van der Waals surface area contributed by atoms with Gasteiger partial charge in [-0.25, -0.2) is 0 Å². The Labute approximate surface area is 79.4 Å². The van der Waals surface area contributed by atoms with Crippen molar-refractivity contribution in [1.82, 2.24) is 0 Å². The van der Waals surface area contributed by atoms with E-state index in [-0.39, 0.29) is 5.78 Å². The number of carbonyl (C=O) groups is 1. The van der Waals surface area contributed by atoms with Crippen LogP contribution >= 0.6 is 0 Å². The van der Waals surface area contributed by atoms with Gasteiger partial charge in [0.25, 0.3) is 0 Å². The zero-order valence-corrected chi connectivity index (χ0v) is 8.47. The molecule has 0 saturated carbocycles. The quantitative estimate of drug-likeness (QED) is 0.668. The SMILES string of the molecule is CCCOC1(C(C)=O)CCOCC1. The van der Waals surface area contributed by atoms with Gasteiger partial charge in [0.05, 0.1) is 0 Å². The van der Waals surface area contributed by atoms with Crippen LogP contribution in [0.2, 0.25) is 0 Å². The van der Waals surface area contributed by atoms with Crippen LogP contribution in [-0.2, 0) is 14.3 Å². The van der Waals surface area contributed by atoms with Crippen molar-refractivity contribution in [3.05, 3.63) is 0 Å². The van der Waals surface area contributed by atoms with E-state index in [0.29, 0.717) is 32.7 Å². The minimum absolute atomic E-state index is 0.143. The molecule has 1 rings (SSSR count). The van der Waals surface area contributed by atoms with Gasteiger partial charge in [0.2, 0.25) is 0 Å². The summed E-state index contributed by atoms with van der Waals surface area (Å²) in [5, 5.41) is 0. The van der Waals surface area contributed by atoms with Gasteiger partial charge in [-0.1, -0.05) is 6.92 Å². The molecule has 0 amide bonds. The van der Waals surface area contributed by atoms with E-state index in [2.05, 4.69) is 0 Å². The van der Waals surface area contributed by atoms with Crippen molar-refractivity contribution in [1.29, 1.82) is 0 Å². The fraction of sp³-hybridized carbons (Fsp3) is 0.900. The van der Waals surface area contributed by atoms with Crippen LogP contribution in [0.15, 0.2) is 0 Å². The molecule has 0 bridgehead atoms. The van der Waals surface area contributed by atoms with E-state index >= 15 is 0 Å². The normalized spacial score (nSPS) is 21.4. The van der Waals surface area contributed by atoms with Gasteiger partial charge in [0.1, 0.15) is 5.60 Å². The Morgan fingerprint density at radius 3 is 2.54 bits per heavy atom. The highest BCUT2D eigenvalue weighted by Crippen LogP contribution is 2.26. The van der Waals surface area contributed by atoms with Crippen molar-refractivity contribution in [3.8, 4) is 0 Å². The molecule has 76 valence electrons. The van der Waals surface area contributed by atoms with Gasteiger partial charge >= 0.3 is 0 Å². The Morgan fingerprint density at radius 2 is 2.08 bits per heavy atom. The van der Waals surface area contributed by atoms with Crippen LogP contribution < -0.4 is 0 Å². The summed E-state index contributed by atoms with van der Waals surface area (Å²) in [4.78, 5) is 11.4. The van der Waals surface area contributed by atoms with Crippen LogP contribution in [-0.4, -0.2) is 31.2 Å². The summed E-state index contributed by atoms with van der Waals surface area (Å²) in [6.45, 7) is 5.61. The molecular weight excluding hydrogens is 168 g/mol. The number of hydrogen-bond acceptors (Lipinski definition) is 3. The molecule has 0 aromatic rings. The van der Waals surface area contributed by atoms with Gasteiger partial charge < -0.3 is 9.47 Å². The maximum absolute atomic E-state index is 11.4. The first-order valence-corrected chi connectivity index (χ1v) is 4.94. The van der Waals surface area contributed by atoms with Crippen molar-refractivity contribution in [2.24, 2.45) is 0 Å². The summed E-state index contributed by atoms with van der Waals surface area (Å²) in [5.41, 5.74) is -0.533. The lowest BCUT2D eigenvalue weighted by atomic mass is 9.90. The summed E-state index contributed by atoms with van der Waals surface area (Å²) >= 11 is 0. The molecule has 0 aliphatic carbocycles. The lowest BCUT2D eigenvalue weighted by Crippen LogP contribution is -2.45. The van der Waals surface area contributed by atoms with Gasteiger partial charge in [-0.3, -0.25) is 4.79 Å². The zero-order valence-electron chi connectivity index (χ0n) is 8.47. The lowest BCUT2D eigenvalue weighted by Gasteiger charge is -2.34. The third kappa shape index (κ3) is 2.51. The second kappa shape index (κ2) is 4.72. The second-order valence-electron chi connectivity index (χ2n) is 3.51. The van der Waals surface area contributed by atoms with Crippen LogP contribution in [0.4, 0.5) is 0 Å². The van der Waals surface area contributed by atoms with Gasteiger partial charge in [-0.05, 0) is 13.3 Å². The average molecular weight is 186 g/mol. The minimum Gasteiger partial charge on any atom is -0.381 e. The fourth-order valence-corrected chi connectivity index (χ4v) is 1.60. The van der Waals surface area contributed by atoms with Crippen molar-refractivity contribution < 1.29 is 14.3 Å². The molecule has 0 spiro atoms. The molecule has 3 heteroatoms. The van der Waals surface area contributed by atoms with Gasteiger partial charge in [-0.15, -0.1) is 0 Å². The molecule has 1 aliphatic heterocycles. The van der Waals surface area contributed by atoms with E-state index in [1.165, 1.54) is 0 Å². The maximum Gasteiger partial charge on any atom is 0.161 e. The first kappa shape index (κ1) is 10.7. The zero-order chi connectivity index (χ0) is 9.73. The fourth-order valence-electron chi connectivity index (χ4n) is 1.60. The topological polar surface area (TPSA) is 35.5 Å². The number of carbonyl (C=O) groups excluding carboxylic acids is 1. The molecule has 3 nitrogen and oxygen atoms in total. The monoisotopic (exact) mass is 186 g/mol. The largest absolute Gasteiger partial charge is 0.381 e. The van der Waals surface area contributed by atoms with Crippen LogP contribution in [0, 0.1) is 0 Å². The third-order valence-electron chi connectivity index (χ3n) is 2.52. The number of hydrogen-bond donors (Lipinski definition) is 0. The predicted molar refractivity (Wildman–Crippen MR) is 49.7 cm³/mol. The van der Waals surface area contributed by atoms with E-state index in [4.69, 9.17) is 9.47 Å². The van der Waals surface area contributed by atoms with E-state index in [1.54, 1.807) is 6.92 Å². The van der Waals surface area contributed by atoms with Crippen LogP contribution in [0.3, 0.4) is 0 Å². The van der Waals surface area contributed by atoms with Crippen molar-refractivity contribution >= 4 is 5.78 Å². The first-order chi connectivity index (χ1) is 6.21. The number of ketones is 1. The highest BCUT2D eigenvalue weighted by atomic mass is 16.5. The molecular formula is C10H18O3. The first-order valence-electron chi connectivity index (χ1n) is 4.94. The predicted octanol–water partition coefficient (Wildman–Crippen LogP) is 1.55.